The Balaban J connectivity index is 1.84. The standard InChI is InChI=1S/C17H21N/c1-15-7-6-10-17(13-15)14-18(2)12-11-16-8-4-3-5-9-16/h3-10,13H,11-12,14H2,1-2H3. The van der Waals surface area contributed by atoms with Crippen LogP contribution < -0.4 is 0 Å². The largest absolute Gasteiger partial charge is 0.302 e. The van der Waals surface area contributed by atoms with Crippen LogP contribution in [0.1, 0.15) is 16.7 Å². The highest BCUT2D eigenvalue weighted by atomic mass is 15.1. The summed E-state index contributed by atoms with van der Waals surface area (Å²) in [6.45, 7) is 4.26. The van der Waals surface area contributed by atoms with Crippen molar-refractivity contribution in [3.05, 3.63) is 71.3 Å². The minimum absolute atomic E-state index is 1.02. The summed E-state index contributed by atoms with van der Waals surface area (Å²) in [4.78, 5) is 2.38. The van der Waals surface area contributed by atoms with Crippen molar-refractivity contribution in [2.24, 2.45) is 0 Å². The molecule has 0 radical (unpaired) electrons. The molecule has 0 aliphatic carbocycles. The topological polar surface area (TPSA) is 3.24 Å². The fourth-order valence-electron chi connectivity index (χ4n) is 2.17. The molecular formula is C17H21N. The molecule has 1 heteroatoms. The molecule has 0 aliphatic rings. The second-order valence-electron chi connectivity index (χ2n) is 4.96. The maximum Gasteiger partial charge on any atom is 0.0230 e. The summed E-state index contributed by atoms with van der Waals surface area (Å²) in [6.07, 6.45) is 1.11. The van der Waals surface area contributed by atoms with E-state index in [4.69, 9.17) is 0 Å². The zero-order valence-electron chi connectivity index (χ0n) is 11.3. The Bertz CT molecular complexity index is 476. The van der Waals surface area contributed by atoms with E-state index >= 15 is 0 Å². The van der Waals surface area contributed by atoms with Crippen LogP contribution in [-0.4, -0.2) is 18.5 Å². The highest BCUT2D eigenvalue weighted by Gasteiger charge is 2.01. The molecule has 1 nitrogen and oxygen atoms in total. The molecule has 0 fully saturated rings. The normalized spacial score (nSPS) is 10.8. The third-order valence-corrected chi connectivity index (χ3v) is 3.16. The number of hydrogen-bond acceptors (Lipinski definition) is 1. The highest BCUT2D eigenvalue weighted by molar-refractivity contribution is 5.22. The van der Waals surface area contributed by atoms with E-state index in [0.717, 1.165) is 19.5 Å². The first-order chi connectivity index (χ1) is 8.74. The lowest BCUT2D eigenvalue weighted by Gasteiger charge is -2.17. The molecule has 0 aliphatic heterocycles. The first-order valence-corrected chi connectivity index (χ1v) is 6.52. The minimum Gasteiger partial charge on any atom is -0.302 e. The van der Waals surface area contributed by atoms with E-state index in [1.165, 1.54) is 16.7 Å². The number of rotatable bonds is 5. The van der Waals surface area contributed by atoms with Gasteiger partial charge >= 0.3 is 0 Å². The molecule has 0 bridgehead atoms. The fraction of sp³-hybridized carbons (Fsp3) is 0.294. The lowest BCUT2D eigenvalue weighted by atomic mass is 10.1. The van der Waals surface area contributed by atoms with Crippen LogP contribution in [0.5, 0.6) is 0 Å². The van der Waals surface area contributed by atoms with Gasteiger partial charge < -0.3 is 4.90 Å². The maximum absolute atomic E-state index is 2.38. The monoisotopic (exact) mass is 239 g/mol. The molecule has 2 aromatic carbocycles. The van der Waals surface area contributed by atoms with Crippen LogP contribution in [0.4, 0.5) is 0 Å². The highest BCUT2D eigenvalue weighted by Crippen LogP contribution is 2.07. The van der Waals surface area contributed by atoms with Crippen LogP contribution in [-0.2, 0) is 13.0 Å². The van der Waals surface area contributed by atoms with Gasteiger partial charge in [-0.1, -0.05) is 60.2 Å². The lowest BCUT2D eigenvalue weighted by molar-refractivity contribution is 0.331. The van der Waals surface area contributed by atoms with Crippen LogP contribution >= 0.6 is 0 Å². The summed E-state index contributed by atoms with van der Waals surface area (Å²) in [5, 5.41) is 0. The number of benzene rings is 2. The number of likely N-dealkylation sites (N-methyl/N-ethyl adjacent to an activating group) is 1. The molecular weight excluding hydrogens is 218 g/mol. The SMILES string of the molecule is Cc1cccc(CN(C)CCc2ccccc2)c1. The van der Waals surface area contributed by atoms with Gasteiger partial charge in [-0.05, 0) is 31.5 Å². The Hall–Kier alpha value is -1.60. The summed E-state index contributed by atoms with van der Waals surface area (Å²) in [6, 6.07) is 19.4. The zero-order valence-corrected chi connectivity index (χ0v) is 11.3. The van der Waals surface area contributed by atoms with Gasteiger partial charge in [0, 0.05) is 13.1 Å². The van der Waals surface area contributed by atoms with E-state index in [-0.39, 0.29) is 0 Å². The van der Waals surface area contributed by atoms with Crippen molar-refractivity contribution in [1.82, 2.24) is 4.90 Å². The second kappa shape index (κ2) is 6.36. The van der Waals surface area contributed by atoms with Crippen LogP contribution in [0.15, 0.2) is 54.6 Å². The molecule has 0 N–H and O–H groups in total. The van der Waals surface area contributed by atoms with E-state index in [9.17, 15) is 0 Å². The van der Waals surface area contributed by atoms with Crippen molar-refractivity contribution in [2.75, 3.05) is 13.6 Å². The average molecular weight is 239 g/mol. The quantitative estimate of drug-likeness (QED) is 0.769. The van der Waals surface area contributed by atoms with Crippen LogP contribution in [0.25, 0.3) is 0 Å². The summed E-state index contributed by atoms with van der Waals surface area (Å²) in [5.74, 6) is 0. The average Bonchev–Trinajstić information content (AvgIpc) is 2.38. The summed E-state index contributed by atoms with van der Waals surface area (Å²) < 4.78 is 0. The van der Waals surface area contributed by atoms with Gasteiger partial charge in [0.15, 0.2) is 0 Å². The van der Waals surface area contributed by atoms with Crippen molar-refractivity contribution in [3.8, 4) is 0 Å². The van der Waals surface area contributed by atoms with Gasteiger partial charge in [-0.3, -0.25) is 0 Å². The first kappa shape index (κ1) is 12.8. The van der Waals surface area contributed by atoms with Gasteiger partial charge in [0.05, 0.1) is 0 Å². The van der Waals surface area contributed by atoms with Gasteiger partial charge in [-0.15, -0.1) is 0 Å². The minimum atomic E-state index is 1.02. The molecule has 0 atom stereocenters. The molecule has 2 aromatic rings. The first-order valence-electron chi connectivity index (χ1n) is 6.52. The molecule has 2 rings (SSSR count). The molecule has 0 heterocycles. The maximum atomic E-state index is 2.38. The Morgan fingerprint density at radius 3 is 2.33 bits per heavy atom. The molecule has 0 saturated carbocycles. The summed E-state index contributed by atoms with van der Waals surface area (Å²) in [5.41, 5.74) is 4.14. The van der Waals surface area contributed by atoms with E-state index in [0.29, 0.717) is 0 Å². The van der Waals surface area contributed by atoms with Gasteiger partial charge in [0.1, 0.15) is 0 Å². The van der Waals surface area contributed by atoms with Gasteiger partial charge in [0.25, 0.3) is 0 Å². The van der Waals surface area contributed by atoms with Crippen molar-refractivity contribution in [3.63, 3.8) is 0 Å². The molecule has 0 amide bonds. The Labute approximate surface area is 110 Å². The third kappa shape index (κ3) is 4.01. The Morgan fingerprint density at radius 2 is 1.61 bits per heavy atom. The molecule has 0 unspecified atom stereocenters. The molecule has 0 saturated heterocycles. The van der Waals surface area contributed by atoms with Crippen molar-refractivity contribution >= 4 is 0 Å². The van der Waals surface area contributed by atoms with Crippen molar-refractivity contribution in [1.29, 1.82) is 0 Å². The Morgan fingerprint density at radius 1 is 0.889 bits per heavy atom. The number of aryl methyl sites for hydroxylation is 1. The van der Waals surface area contributed by atoms with E-state index < -0.39 is 0 Å². The van der Waals surface area contributed by atoms with E-state index in [1.54, 1.807) is 0 Å². The summed E-state index contributed by atoms with van der Waals surface area (Å²) >= 11 is 0. The van der Waals surface area contributed by atoms with Crippen LogP contribution in [0, 0.1) is 6.92 Å². The second-order valence-corrected chi connectivity index (χ2v) is 4.96. The van der Waals surface area contributed by atoms with Crippen molar-refractivity contribution in [2.45, 2.75) is 19.9 Å². The fourth-order valence-corrected chi connectivity index (χ4v) is 2.17. The predicted octanol–water partition coefficient (Wildman–Crippen LogP) is 3.67. The summed E-state index contributed by atoms with van der Waals surface area (Å²) in [7, 11) is 2.19. The number of nitrogens with zero attached hydrogens (tertiary/aromatic N) is 1. The molecule has 0 spiro atoms. The zero-order chi connectivity index (χ0) is 12.8. The van der Waals surface area contributed by atoms with Gasteiger partial charge in [-0.2, -0.15) is 0 Å². The lowest BCUT2D eigenvalue weighted by Crippen LogP contribution is -2.20. The molecule has 0 aromatic heterocycles. The number of hydrogen-bond donors (Lipinski definition) is 0. The van der Waals surface area contributed by atoms with Crippen LogP contribution in [0.3, 0.4) is 0 Å². The van der Waals surface area contributed by atoms with E-state index in [2.05, 4.69) is 73.5 Å². The predicted molar refractivity (Wildman–Crippen MR) is 77.7 cm³/mol. The van der Waals surface area contributed by atoms with Crippen molar-refractivity contribution < 1.29 is 0 Å². The molecule has 18 heavy (non-hydrogen) atoms. The van der Waals surface area contributed by atoms with E-state index in [1.807, 2.05) is 0 Å². The van der Waals surface area contributed by atoms with Crippen LogP contribution in [0.2, 0.25) is 0 Å². The third-order valence-electron chi connectivity index (χ3n) is 3.16. The molecule has 94 valence electrons. The Kier molecular flexibility index (Phi) is 4.54. The van der Waals surface area contributed by atoms with Gasteiger partial charge in [0.2, 0.25) is 0 Å². The smallest absolute Gasteiger partial charge is 0.0230 e. The van der Waals surface area contributed by atoms with Gasteiger partial charge in [-0.25, -0.2) is 0 Å².